The summed E-state index contributed by atoms with van der Waals surface area (Å²) in [7, 11) is 0. The first kappa shape index (κ1) is 29.0. The number of nitrogens with zero attached hydrogens (tertiary/aromatic N) is 3. The minimum atomic E-state index is 0.586. The first-order valence-electron chi connectivity index (χ1n) is 17.1. The van der Waals surface area contributed by atoms with Gasteiger partial charge < -0.3 is 4.42 Å². The summed E-state index contributed by atoms with van der Waals surface area (Å²) >= 11 is 0. The molecule has 10 rings (SSSR count). The van der Waals surface area contributed by atoms with Crippen LogP contribution in [0.1, 0.15) is 0 Å². The van der Waals surface area contributed by atoms with Crippen molar-refractivity contribution in [2.24, 2.45) is 0 Å². The van der Waals surface area contributed by atoms with Crippen molar-refractivity contribution < 1.29 is 4.42 Å². The third kappa shape index (κ3) is 5.22. The van der Waals surface area contributed by atoms with E-state index in [1.165, 1.54) is 27.3 Å². The van der Waals surface area contributed by atoms with Crippen molar-refractivity contribution >= 4 is 43.5 Å². The van der Waals surface area contributed by atoms with Crippen molar-refractivity contribution in [3.05, 3.63) is 176 Å². The summed E-state index contributed by atoms with van der Waals surface area (Å²) in [6.07, 6.45) is 0. The predicted octanol–water partition coefficient (Wildman–Crippen LogP) is 12.4. The monoisotopic (exact) mass is 651 g/mol. The van der Waals surface area contributed by atoms with Crippen molar-refractivity contribution in [1.29, 1.82) is 0 Å². The Bertz CT molecular complexity index is 2910. The number of furan rings is 1. The highest BCUT2D eigenvalue weighted by molar-refractivity contribution is 6.13. The zero-order valence-corrected chi connectivity index (χ0v) is 27.5. The number of fused-ring (bicyclic) bond motifs is 5. The van der Waals surface area contributed by atoms with Crippen LogP contribution in [0, 0.1) is 0 Å². The van der Waals surface area contributed by atoms with Crippen LogP contribution in [0.5, 0.6) is 0 Å². The molecular formula is C47H29N3O. The number of para-hydroxylation sites is 1. The minimum Gasteiger partial charge on any atom is -0.456 e. The highest BCUT2D eigenvalue weighted by Crippen LogP contribution is 2.40. The van der Waals surface area contributed by atoms with Crippen molar-refractivity contribution in [1.82, 2.24) is 15.0 Å². The molecule has 238 valence electrons. The van der Waals surface area contributed by atoms with E-state index in [-0.39, 0.29) is 0 Å². The Labute approximate surface area is 294 Å². The molecule has 0 amide bonds. The van der Waals surface area contributed by atoms with Crippen molar-refractivity contribution in [3.8, 4) is 56.4 Å². The van der Waals surface area contributed by atoms with Crippen LogP contribution in [0.25, 0.3) is 99.9 Å². The molecule has 0 atom stereocenters. The van der Waals surface area contributed by atoms with Gasteiger partial charge in [0.2, 0.25) is 0 Å². The maximum atomic E-state index is 6.52. The van der Waals surface area contributed by atoms with Crippen LogP contribution >= 0.6 is 0 Å². The Kier molecular flexibility index (Phi) is 6.78. The quantitative estimate of drug-likeness (QED) is 0.186. The molecule has 10 aromatic rings. The molecule has 0 saturated heterocycles. The number of aromatic nitrogens is 3. The van der Waals surface area contributed by atoms with Gasteiger partial charge in [0.25, 0.3) is 0 Å². The van der Waals surface area contributed by atoms with Gasteiger partial charge in [0, 0.05) is 27.5 Å². The summed E-state index contributed by atoms with van der Waals surface area (Å²) in [5, 5.41) is 6.92. The van der Waals surface area contributed by atoms with Crippen LogP contribution in [0.4, 0.5) is 0 Å². The number of hydrogen-bond donors (Lipinski definition) is 0. The van der Waals surface area contributed by atoms with E-state index < -0.39 is 0 Å². The van der Waals surface area contributed by atoms with Crippen LogP contribution < -0.4 is 0 Å². The zero-order chi connectivity index (χ0) is 33.7. The van der Waals surface area contributed by atoms with E-state index >= 15 is 0 Å². The van der Waals surface area contributed by atoms with Gasteiger partial charge in [-0.05, 0) is 74.1 Å². The fourth-order valence-electron chi connectivity index (χ4n) is 7.10. The molecule has 0 spiro atoms. The first-order chi connectivity index (χ1) is 25.2. The van der Waals surface area contributed by atoms with E-state index in [1.807, 2.05) is 42.5 Å². The molecule has 0 N–H and O–H groups in total. The molecule has 0 unspecified atom stereocenters. The molecule has 4 heteroatoms. The van der Waals surface area contributed by atoms with Gasteiger partial charge in [-0.1, -0.05) is 146 Å². The van der Waals surface area contributed by atoms with Crippen LogP contribution in [0.3, 0.4) is 0 Å². The third-order valence-corrected chi connectivity index (χ3v) is 9.69. The van der Waals surface area contributed by atoms with E-state index in [4.69, 9.17) is 19.4 Å². The summed E-state index contributed by atoms with van der Waals surface area (Å²) < 4.78 is 6.52. The Balaban J connectivity index is 1.16. The van der Waals surface area contributed by atoms with Crippen LogP contribution in [0.15, 0.2) is 180 Å². The van der Waals surface area contributed by atoms with Crippen LogP contribution in [-0.2, 0) is 0 Å². The Hall–Kier alpha value is -6.91. The normalized spacial score (nSPS) is 11.5. The van der Waals surface area contributed by atoms with Crippen molar-refractivity contribution in [2.75, 3.05) is 0 Å². The van der Waals surface area contributed by atoms with Gasteiger partial charge in [-0.15, -0.1) is 0 Å². The second-order valence-corrected chi connectivity index (χ2v) is 12.9. The van der Waals surface area contributed by atoms with Crippen molar-refractivity contribution in [3.63, 3.8) is 0 Å². The summed E-state index contributed by atoms with van der Waals surface area (Å²) in [5.74, 6) is 1.83. The number of rotatable bonds is 5. The van der Waals surface area contributed by atoms with Gasteiger partial charge in [-0.25, -0.2) is 15.0 Å². The SMILES string of the molecule is c1ccc(-c2nc(-c3ccc4ccccc4c3)nc(-c3cc(-c4ccc(-c5ccc6ccccc6c5)cc4)c4c(c3)oc3ccccc34)n2)cc1. The lowest BCUT2D eigenvalue weighted by atomic mass is 9.94. The predicted molar refractivity (Wildman–Crippen MR) is 209 cm³/mol. The van der Waals surface area contributed by atoms with Crippen LogP contribution in [-0.4, -0.2) is 15.0 Å². The molecule has 0 fully saturated rings. The molecule has 0 bridgehead atoms. The molecule has 2 aromatic heterocycles. The highest BCUT2D eigenvalue weighted by Gasteiger charge is 2.19. The lowest BCUT2D eigenvalue weighted by molar-refractivity contribution is 0.669. The molecule has 0 aliphatic heterocycles. The zero-order valence-electron chi connectivity index (χ0n) is 27.5. The number of benzene rings is 8. The molecule has 51 heavy (non-hydrogen) atoms. The van der Waals surface area contributed by atoms with Gasteiger partial charge in [-0.3, -0.25) is 0 Å². The molecule has 0 aliphatic rings. The Morgan fingerprint density at radius 2 is 0.843 bits per heavy atom. The second kappa shape index (κ2) is 11.9. The fourth-order valence-corrected chi connectivity index (χ4v) is 7.10. The van der Waals surface area contributed by atoms with Gasteiger partial charge in [0.05, 0.1) is 0 Å². The maximum absolute atomic E-state index is 6.52. The van der Waals surface area contributed by atoms with E-state index in [2.05, 4.69) is 133 Å². The van der Waals surface area contributed by atoms with Crippen LogP contribution in [0.2, 0.25) is 0 Å². The summed E-state index contributed by atoms with van der Waals surface area (Å²) in [4.78, 5) is 15.2. The van der Waals surface area contributed by atoms with E-state index in [9.17, 15) is 0 Å². The van der Waals surface area contributed by atoms with E-state index in [0.29, 0.717) is 17.5 Å². The molecule has 2 heterocycles. The number of hydrogen-bond acceptors (Lipinski definition) is 4. The summed E-state index contributed by atoms with van der Waals surface area (Å²) in [5.41, 5.74) is 8.86. The van der Waals surface area contributed by atoms with E-state index in [0.717, 1.165) is 55.1 Å². The second-order valence-electron chi connectivity index (χ2n) is 12.9. The first-order valence-corrected chi connectivity index (χ1v) is 17.1. The van der Waals surface area contributed by atoms with Gasteiger partial charge in [0.1, 0.15) is 11.2 Å². The summed E-state index contributed by atoms with van der Waals surface area (Å²) in [6.45, 7) is 0. The van der Waals surface area contributed by atoms with Gasteiger partial charge in [-0.2, -0.15) is 0 Å². The molecule has 0 radical (unpaired) electrons. The van der Waals surface area contributed by atoms with Gasteiger partial charge in [0.15, 0.2) is 17.5 Å². The molecule has 0 saturated carbocycles. The van der Waals surface area contributed by atoms with Crippen molar-refractivity contribution in [2.45, 2.75) is 0 Å². The molecule has 0 aliphatic carbocycles. The minimum absolute atomic E-state index is 0.586. The Morgan fingerprint density at radius 3 is 1.57 bits per heavy atom. The van der Waals surface area contributed by atoms with E-state index in [1.54, 1.807) is 0 Å². The Morgan fingerprint density at radius 1 is 0.314 bits per heavy atom. The lowest BCUT2D eigenvalue weighted by Crippen LogP contribution is -2.00. The summed E-state index contributed by atoms with van der Waals surface area (Å²) in [6, 6.07) is 61.2. The lowest BCUT2D eigenvalue weighted by Gasteiger charge is -2.12. The fraction of sp³-hybridized carbons (Fsp3) is 0. The highest BCUT2D eigenvalue weighted by atomic mass is 16.3. The maximum Gasteiger partial charge on any atom is 0.164 e. The average molecular weight is 652 g/mol. The average Bonchev–Trinajstić information content (AvgIpc) is 3.59. The largest absolute Gasteiger partial charge is 0.456 e. The molecule has 4 nitrogen and oxygen atoms in total. The third-order valence-electron chi connectivity index (χ3n) is 9.69. The topological polar surface area (TPSA) is 51.8 Å². The molecule has 8 aromatic carbocycles. The smallest absolute Gasteiger partial charge is 0.164 e. The van der Waals surface area contributed by atoms with Gasteiger partial charge >= 0.3 is 0 Å². The standard InChI is InChI=1S/C47H29N3O/c1-2-12-34(13-3-1)45-48-46(38-25-21-31-11-5-7-15-36(31)27-38)50-47(49-45)39-28-41(44-40-16-8-9-17-42(40)51-43(44)29-39)33-22-18-32(19-23-33)37-24-20-30-10-4-6-14-35(30)26-37/h1-29H. The molecular weight excluding hydrogens is 623 g/mol.